The predicted octanol–water partition coefficient (Wildman–Crippen LogP) is -0.886. The summed E-state index contributed by atoms with van der Waals surface area (Å²) >= 11 is 0. The molecular formula is C10H18N2+2. The number of hydrogen-bond donors (Lipinski definition) is 2. The summed E-state index contributed by atoms with van der Waals surface area (Å²) in [4.78, 5) is 1.44. The van der Waals surface area contributed by atoms with Crippen molar-refractivity contribution in [2.45, 2.75) is 6.04 Å². The molecule has 0 heterocycles. The number of quaternary nitrogens is 2. The third-order valence-corrected chi connectivity index (χ3v) is 2.19. The standard InChI is InChI=1S/C10H16N2/c1-12(2)10(8-11)9-6-4-3-5-7-9/h3-7,10H,8,11H2,1-2H3/p+2/t10-/m0/s1. The van der Waals surface area contributed by atoms with Crippen molar-refractivity contribution in [3.8, 4) is 0 Å². The molecule has 0 amide bonds. The van der Waals surface area contributed by atoms with Crippen molar-refractivity contribution in [1.29, 1.82) is 0 Å². The van der Waals surface area contributed by atoms with Gasteiger partial charge in [-0.2, -0.15) is 0 Å². The van der Waals surface area contributed by atoms with Crippen LogP contribution in [-0.4, -0.2) is 20.6 Å². The van der Waals surface area contributed by atoms with Crippen LogP contribution in [-0.2, 0) is 0 Å². The van der Waals surface area contributed by atoms with E-state index in [1.165, 1.54) is 10.5 Å². The van der Waals surface area contributed by atoms with Gasteiger partial charge in [0.05, 0.1) is 14.1 Å². The SMILES string of the molecule is C[NH+](C)[C@@H](C[NH3+])c1ccccc1. The summed E-state index contributed by atoms with van der Waals surface area (Å²) in [6.07, 6.45) is 0. The monoisotopic (exact) mass is 166 g/mol. The van der Waals surface area contributed by atoms with Gasteiger partial charge in [0.2, 0.25) is 0 Å². The fourth-order valence-electron chi connectivity index (χ4n) is 1.47. The zero-order valence-electron chi connectivity index (χ0n) is 7.88. The zero-order valence-corrected chi connectivity index (χ0v) is 7.88. The van der Waals surface area contributed by atoms with Gasteiger partial charge in [-0.15, -0.1) is 0 Å². The smallest absolute Gasteiger partial charge is 0.162 e. The molecule has 4 N–H and O–H groups in total. The highest BCUT2D eigenvalue weighted by atomic mass is 15.1. The van der Waals surface area contributed by atoms with E-state index in [1.807, 2.05) is 0 Å². The zero-order chi connectivity index (χ0) is 8.97. The predicted molar refractivity (Wildman–Crippen MR) is 49.7 cm³/mol. The molecule has 0 unspecified atom stereocenters. The van der Waals surface area contributed by atoms with Gasteiger partial charge in [0.15, 0.2) is 6.04 Å². The Labute approximate surface area is 74.0 Å². The highest BCUT2D eigenvalue weighted by Crippen LogP contribution is 2.05. The van der Waals surface area contributed by atoms with E-state index in [0.717, 1.165) is 6.54 Å². The van der Waals surface area contributed by atoms with E-state index in [4.69, 9.17) is 0 Å². The lowest BCUT2D eigenvalue weighted by Gasteiger charge is -2.17. The molecule has 0 saturated carbocycles. The Balaban J connectivity index is 2.80. The summed E-state index contributed by atoms with van der Waals surface area (Å²) in [6, 6.07) is 11.1. The van der Waals surface area contributed by atoms with Gasteiger partial charge in [-0.05, 0) is 0 Å². The van der Waals surface area contributed by atoms with Crippen LogP contribution in [0.25, 0.3) is 0 Å². The Hall–Kier alpha value is -0.860. The number of nitrogens with one attached hydrogen (secondary N) is 1. The van der Waals surface area contributed by atoms with Gasteiger partial charge in [0.25, 0.3) is 0 Å². The van der Waals surface area contributed by atoms with Gasteiger partial charge in [-0.3, -0.25) is 0 Å². The molecule has 1 atom stereocenters. The molecule has 0 saturated heterocycles. The van der Waals surface area contributed by atoms with Crippen LogP contribution in [0, 0.1) is 0 Å². The molecule has 0 spiro atoms. The molecule has 0 fully saturated rings. The summed E-state index contributed by atoms with van der Waals surface area (Å²) in [5.74, 6) is 0. The molecule has 1 aromatic carbocycles. The summed E-state index contributed by atoms with van der Waals surface area (Å²) in [5, 5.41) is 0. The van der Waals surface area contributed by atoms with E-state index in [2.05, 4.69) is 50.2 Å². The molecule has 0 aliphatic carbocycles. The van der Waals surface area contributed by atoms with Gasteiger partial charge >= 0.3 is 0 Å². The second kappa shape index (κ2) is 4.24. The average molecular weight is 166 g/mol. The normalized spacial score (nSPS) is 13.3. The molecule has 12 heavy (non-hydrogen) atoms. The lowest BCUT2D eigenvalue weighted by atomic mass is 10.1. The fraction of sp³-hybridized carbons (Fsp3) is 0.400. The highest BCUT2D eigenvalue weighted by Gasteiger charge is 2.16. The van der Waals surface area contributed by atoms with Crippen molar-refractivity contribution in [1.82, 2.24) is 0 Å². The first-order valence-electron chi connectivity index (χ1n) is 4.40. The molecule has 0 aromatic heterocycles. The van der Waals surface area contributed by atoms with E-state index in [1.54, 1.807) is 0 Å². The first kappa shape index (κ1) is 9.23. The third kappa shape index (κ3) is 2.06. The van der Waals surface area contributed by atoms with E-state index in [9.17, 15) is 0 Å². The Kier molecular flexibility index (Phi) is 3.26. The van der Waals surface area contributed by atoms with E-state index in [0.29, 0.717) is 6.04 Å². The van der Waals surface area contributed by atoms with Crippen molar-refractivity contribution < 1.29 is 10.6 Å². The molecule has 0 radical (unpaired) electrons. The van der Waals surface area contributed by atoms with Gasteiger partial charge in [-0.25, -0.2) is 0 Å². The van der Waals surface area contributed by atoms with Crippen LogP contribution in [0.4, 0.5) is 0 Å². The maximum absolute atomic E-state index is 3.96. The summed E-state index contributed by atoms with van der Waals surface area (Å²) in [7, 11) is 4.34. The molecular weight excluding hydrogens is 148 g/mol. The second-order valence-corrected chi connectivity index (χ2v) is 3.33. The van der Waals surface area contributed by atoms with Crippen molar-refractivity contribution >= 4 is 0 Å². The molecule has 2 nitrogen and oxygen atoms in total. The van der Waals surface area contributed by atoms with Gasteiger partial charge in [0.1, 0.15) is 6.54 Å². The molecule has 0 bridgehead atoms. The van der Waals surface area contributed by atoms with Crippen LogP contribution in [0.5, 0.6) is 0 Å². The van der Waals surface area contributed by atoms with Gasteiger partial charge in [0, 0.05) is 5.56 Å². The van der Waals surface area contributed by atoms with Crippen LogP contribution >= 0.6 is 0 Å². The highest BCUT2D eigenvalue weighted by molar-refractivity contribution is 5.16. The third-order valence-electron chi connectivity index (χ3n) is 2.19. The van der Waals surface area contributed by atoms with Gasteiger partial charge in [-0.1, -0.05) is 30.3 Å². The van der Waals surface area contributed by atoms with Crippen LogP contribution in [0.15, 0.2) is 30.3 Å². The maximum Gasteiger partial charge on any atom is 0.162 e. The summed E-state index contributed by atoms with van der Waals surface area (Å²) < 4.78 is 0. The molecule has 0 aliphatic heterocycles. The Morgan fingerprint density at radius 2 is 1.83 bits per heavy atom. The quantitative estimate of drug-likeness (QED) is 0.584. The fourth-order valence-corrected chi connectivity index (χ4v) is 1.47. The van der Waals surface area contributed by atoms with Gasteiger partial charge < -0.3 is 10.6 Å². The molecule has 2 heteroatoms. The van der Waals surface area contributed by atoms with Crippen LogP contribution in [0.3, 0.4) is 0 Å². The van der Waals surface area contributed by atoms with Crippen LogP contribution in [0.2, 0.25) is 0 Å². The minimum Gasteiger partial charge on any atom is -0.352 e. The van der Waals surface area contributed by atoms with E-state index < -0.39 is 0 Å². The Bertz CT molecular complexity index is 219. The first-order chi connectivity index (χ1) is 5.75. The van der Waals surface area contributed by atoms with Crippen molar-refractivity contribution in [2.75, 3.05) is 20.6 Å². The Morgan fingerprint density at radius 1 is 1.25 bits per heavy atom. The summed E-state index contributed by atoms with van der Waals surface area (Å²) in [6.45, 7) is 0.951. The average Bonchev–Trinajstić information content (AvgIpc) is 2.07. The summed E-state index contributed by atoms with van der Waals surface area (Å²) in [5.41, 5.74) is 5.34. The Morgan fingerprint density at radius 3 is 2.25 bits per heavy atom. The van der Waals surface area contributed by atoms with Crippen LogP contribution < -0.4 is 10.6 Å². The van der Waals surface area contributed by atoms with Crippen molar-refractivity contribution in [2.24, 2.45) is 0 Å². The minimum atomic E-state index is 0.534. The molecule has 1 aromatic rings. The number of hydrogen-bond acceptors (Lipinski definition) is 0. The van der Waals surface area contributed by atoms with Crippen LogP contribution in [0.1, 0.15) is 11.6 Å². The molecule has 1 rings (SSSR count). The maximum atomic E-state index is 3.96. The first-order valence-corrected chi connectivity index (χ1v) is 4.40. The lowest BCUT2D eigenvalue weighted by molar-refractivity contribution is -0.899. The molecule has 66 valence electrons. The second-order valence-electron chi connectivity index (χ2n) is 3.33. The lowest BCUT2D eigenvalue weighted by Crippen LogP contribution is -3.07. The van der Waals surface area contributed by atoms with E-state index >= 15 is 0 Å². The number of benzene rings is 1. The topological polar surface area (TPSA) is 32.1 Å². The number of rotatable bonds is 3. The van der Waals surface area contributed by atoms with E-state index in [-0.39, 0.29) is 0 Å². The largest absolute Gasteiger partial charge is 0.352 e. The minimum absolute atomic E-state index is 0.534. The van der Waals surface area contributed by atoms with Crippen molar-refractivity contribution in [3.05, 3.63) is 35.9 Å². The number of likely N-dealkylation sites (N-methyl/N-ethyl adjacent to an activating group) is 1. The van der Waals surface area contributed by atoms with Crippen molar-refractivity contribution in [3.63, 3.8) is 0 Å². The molecule has 0 aliphatic rings.